The molecule has 0 aromatic rings. The molecule has 0 saturated carbocycles. The van der Waals surface area contributed by atoms with Gasteiger partial charge in [0.25, 0.3) is 0 Å². The Morgan fingerprint density at radius 3 is 2.60 bits per heavy atom. The highest BCUT2D eigenvalue weighted by Gasteiger charge is 2.07. The molecule has 0 saturated heterocycles. The van der Waals surface area contributed by atoms with Crippen LogP contribution in [0.5, 0.6) is 0 Å². The molecule has 0 aromatic carbocycles. The van der Waals surface area contributed by atoms with E-state index < -0.39 is 0 Å². The van der Waals surface area contributed by atoms with E-state index in [4.69, 9.17) is 21.7 Å². The number of hydrogen-bond donors (Lipinski definition) is 2. The van der Waals surface area contributed by atoms with E-state index in [1.165, 1.54) is 0 Å². The van der Waals surface area contributed by atoms with Gasteiger partial charge in [0, 0.05) is 20.8 Å². The van der Waals surface area contributed by atoms with Crippen LogP contribution in [0.1, 0.15) is 19.8 Å². The molecular weight excluding hydrogens is 212 g/mol. The van der Waals surface area contributed by atoms with Crippen molar-refractivity contribution in [3.8, 4) is 0 Å². The monoisotopic (exact) mass is 234 g/mol. The van der Waals surface area contributed by atoms with Gasteiger partial charge in [-0.25, -0.2) is 0 Å². The van der Waals surface area contributed by atoms with Gasteiger partial charge in [0.05, 0.1) is 19.3 Å². The minimum atomic E-state index is 0.294. The molecule has 0 aliphatic carbocycles. The Bertz CT molecular complexity index is 162. The van der Waals surface area contributed by atoms with Crippen molar-refractivity contribution < 1.29 is 9.47 Å². The minimum Gasteiger partial charge on any atom is -0.383 e. The van der Waals surface area contributed by atoms with E-state index in [-0.39, 0.29) is 0 Å². The van der Waals surface area contributed by atoms with E-state index in [1.54, 1.807) is 14.2 Å². The maximum Gasteiger partial charge on any atom is 0.166 e. The van der Waals surface area contributed by atoms with Crippen LogP contribution in [-0.4, -0.2) is 45.1 Å². The van der Waals surface area contributed by atoms with Gasteiger partial charge in [-0.05, 0) is 18.6 Å². The van der Waals surface area contributed by atoms with Crippen molar-refractivity contribution >= 4 is 17.3 Å². The molecule has 1 atom stereocenters. The van der Waals surface area contributed by atoms with Crippen LogP contribution in [0.4, 0.5) is 0 Å². The lowest BCUT2D eigenvalue weighted by Crippen LogP contribution is -2.44. The Labute approximate surface area is 97.7 Å². The number of nitrogens with one attached hydrogen (secondary N) is 2. The predicted molar refractivity (Wildman–Crippen MR) is 66.2 cm³/mol. The quantitative estimate of drug-likeness (QED) is 0.483. The van der Waals surface area contributed by atoms with Crippen LogP contribution in [0, 0.1) is 0 Å². The Morgan fingerprint density at radius 2 is 2.07 bits per heavy atom. The van der Waals surface area contributed by atoms with Gasteiger partial charge >= 0.3 is 0 Å². The molecule has 2 N–H and O–H groups in total. The van der Waals surface area contributed by atoms with Crippen molar-refractivity contribution in [3.63, 3.8) is 0 Å². The van der Waals surface area contributed by atoms with Gasteiger partial charge in [-0.3, -0.25) is 0 Å². The van der Waals surface area contributed by atoms with Crippen molar-refractivity contribution in [2.45, 2.75) is 25.8 Å². The molecule has 5 heteroatoms. The fourth-order valence-electron chi connectivity index (χ4n) is 1.25. The third kappa shape index (κ3) is 8.59. The summed E-state index contributed by atoms with van der Waals surface area (Å²) in [4.78, 5) is 0. The lowest BCUT2D eigenvalue weighted by atomic mass is 10.2. The van der Waals surface area contributed by atoms with Crippen LogP contribution >= 0.6 is 12.2 Å². The number of hydrogen-bond acceptors (Lipinski definition) is 3. The molecule has 4 nitrogen and oxygen atoms in total. The highest BCUT2D eigenvalue weighted by atomic mass is 32.1. The van der Waals surface area contributed by atoms with Crippen molar-refractivity contribution in [2.75, 3.05) is 34.0 Å². The molecule has 0 heterocycles. The van der Waals surface area contributed by atoms with Crippen molar-refractivity contribution in [1.82, 2.24) is 10.6 Å². The molecule has 0 rings (SSSR count). The van der Waals surface area contributed by atoms with Gasteiger partial charge in [-0.15, -0.1) is 0 Å². The van der Waals surface area contributed by atoms with Crippen LogP contribution in [0.15, 0.2) is 0 Å². The number of methoxy groups -OCH3 is 2. The van der Waals surface area contributed by atoms with Crippen LogP contribution < -0.4 is 10.6 Å². The third-order valence-corrected chi connectivity index (χ3v) is 2.19. The summed E-state index contributed by atoms with van der Waals surface area (Å²) in [6, 6.07) is 0.294. The molecule has 0 radical (unpaired) electrons. The van der Waals surface area contributed by atoms with Crippen molar-refractivity contribution in [2.24, 2.45) is 0 Å². The second-order valence-corrected chi connectivity index (χ2v) is 3.74. The zero-order valence-corrected chi connectivity index (χ0v) is 10.7. The van der Waals surface area contributed by atoms with E-state index in [1.807, 2.05) is 0 Å². The molecule has 0 amide bonds. The fourth-order valence-corrected chi connectivity index (χ4v) is 1.52. The van der Waals surface area contributed by atoms with E-state index in [2.05, 4.69) is 17.6 Å². The Morgan fingerprint density at radius 1 is 1.33 bits per heavy atom. The summed E-state index contributed by atoms with van der Waals surface area (Å²) in [5.41, 5.74) is 0. The Hall–Kier alpha value is -0.390. The molecule has 1 unspecified atom stereocenters. The van der Waals surface area contributed by atoms with Gasteiger partial charge in [0.15, 0.2) is 5.11 Å². The average Bonchev–Trinajstić information content (AvgIpc) is 2.19. The van der Waals surface area contributed by atoms with Crippen molar-refractivity contribution in [3.05, 3.63) is 0 Å². The van der Waals surface area contributed by atoms with Gasteiger partial charge < -0.3 is 20.1 Å². The number of ether oxygens (including phenoxy) is 2. The maximum absolute atomic E-state index is 5.14. The lowest BCUT2D eigenvalue weighted by Gasteiger charge is -2.19. The van der Waals surface area contributed by atoms with Gasteiger partial charge in [-0.1, -0.05) is 13.3 Å². The summed E-state index contributed by atoms with van der Waals surface area (Å²) in [6.45, 7) is 4.21. The molecule has 0 aliphatic rings. The van der Waals surface area contributed by atoms with E-state index in [0.717, 1.165) is 19.4 Å². The second kappa shape index (κ2) is 10.1. The molecule has 0 bridgehead atoms. The highest BCUT2D eigenvalue weighted by Crippen LogP contribution is 1.96. The Kier molecular flexibility index (Phi) is 9.88. The summed E-state index contributed by atoms with van der Waals surface area (Å²) >= 11 is 5.14. The fraction of sp³-hybridized carbons (Fsp3) is 0.900. The molecule has 0 spiro atoms. The molecule has 90 valence electrons. The number of rotatable bonds is 8. The van der Waals surface area contributed by atoms with Gasteiger partial charge in [-0.2, -0.15) is 0 Å². The van der Waals surface area contributed by atoms with Crippen LogP contribution in [0.3, 0.4) is 0 Å². The normalized spacial score (nSPS) is 12.2. The molecule has 15 heavy (non-hydrogen) atoms. The largest absolute Gasteiger partial charge is 0.383 e. The summed E-state index contributed by atoms with van der Waals surface area (Å²) in [7, 11) is 3.37. The highest BCUT2D eigenvalue weighted by molar-refractivity contribution is 7.80. The molecule has 0 aliphatic heterocycles. The first-order valence-electron chi connectivity index (χ1n) is 5.26. The topological polar surface area (TPSA) is 42.5 Å². The average molecular weight is 234 g/mol. The molecular formula is C10H22N2O2S. The zero-order valence-electron chi connectivity index (χ0n) is 9.84. The summed E-state index contributed by atoms with van der Waals surface area (Å²) in [5, 5.41) is 6.96. The first kappa shape index (κ1) is 14.6. The number of thiocarbonyl (C=S) groups is 1. The van der Waals surface area contributed by atoms with Gasteiger partial charge in [0.1, 0.15) is 0 Å². The lowest BCUT2D eigenvalue weighted by molar-refractivity contribution is 0.169. The van der Waals surface area contributed by atoms with E-state index >= 15 is 0 Å². The second-order valence-electron chi connectivity index (χ2n) is 3.33. The Balaban J connectivity index is 3.67. The maximum atomic E-state index is 5.14. The van der Waals surface area contributed by atoms with E-state index in [0.29, 0.717) is 24.4 Å². The smallest absolute Gasteiger partial charge is 0.166 e. The standard InChI is InChI=1S/C10H22N2O2S/c1-4-5-9(8-14-3)12-10(15)11-6-7-13-2/h9H,4-8H2,1-3H3,(H2,11,12,15). The zero-order chi connectivity index (χ0) is 11.5. The molecule has 0 fully saturated rings. The minimum absolute atomic E-state index is 0.294. The van der Waals surface area contributed by atoms with Crippen LogP contribution in [-0.2, 0) is 9.47 Å². The third-order valence-electron chi connectivity index (χ3n) is 1.93. The summed E-state index contributed by atoms with van der Waals surface area (Å²) in [5.74, 6) is 0. The molecule has 0 aromatic heterocycles. The van der Waals surface area contributed by atoms with Crippen molar-refractivity contribution in [1.29, 1.82) is 0 Å². The first-order chi connectivity index (χ1) is 7.24. The summed E-state index contributed by atoms with van der Waals surface area (Å²) in [6.07, 6.45) is 2.17. The van der Waals surface area contributed by atoms with E-state index in [9.17, 15) is 0 Å². The SMILES string of the molecule is CCCC(COC)NC(=S)NCCOC. The van der Waals surface area contributed by atoms with Gasteiger partial charge in [0.2, 0.25) is 0 Å². The summed E-state index contributed by atoms with van der Waals surface area (Å²) < 4.78 is 10.0. The predicted octanol–water partition coefficient (Wildman–Crippen LogP) is 0.912. The van der Waals surface area contributed by atoms with Crippen LogP contribution in [0.25, 0.3) is 0 Å². The first-order valence-corrected chi connectivity index (χ1v) is 5.67. The van der Waals surface area contributed by atoms with Crippen LogP contribution in [0.2, 0.25) is 0 Å².